The molecule has 0 radical (unpaired) electrons. The van der Waals surface area contributed by atoms with Crippen molar-refractivity contribution >= 4 is 43.2 Å². The van der Waals surface area contributed by atoms with Crippen LogP contribution in [-0.2, 0) is 10.0 Å². The van der Waals surface area contributed by atoms with Gasteiger partial charge in [0.1, 0.15) is 0 Å². The number of aryl methyl sites for hydroxylation is 1. The van der Waals surface area contributed by atoms with Gasteiger partial charge in [0.2, 0.25) is 10.0 Å². The molecule has 1 rings (SSSR count). The van der Waals surface area contributed by atoms with E-state index in [1.807, 2.05) is 13.8 Å². The van der Waals surface area contributed by atoms with E-state index in [4.69, 9.17) is 11.6 Å². The highest BCUT2D eigenvalue weighted by atomic mass is 79.9. The molecule has 0 unspecified atom stereocenters. The van der Waals surface area contributed by atoms with E-state index in [9.17, 15) is 8.42 Å². The van der Waals surface area contributed by atoms with Gasteiger partial charge >= 0.3 is 0 Å². The highest BCUT2D eigenvalue weighted by molar-refractivity contribution is 9.10. The first-order chi connectivity index (χ1) is 8.85. The monoisotopic (exact) mass is 368 g/mol. The van der Waals surface area contributed by atoms with Crippen LogP contribution in [0.4, 0.5) is 5.69 Å². The molecule has 0 saturated carbocycles. The molecule has 4 nitrogen and oxygen atoms in total. The Labute approximate surface area is 128 Å². The van der Waals surface area contributed by atoms with Crippen LogP contribution in [0.2, 0.25) is 5.02 Å². The predicted octanol–water partition coefficient (Wildman–Crippen LogP) is 3.15. The fourth-order valence-electron chi connectivity index (χ4n) is 1.45. The largest absolute Gasteiger partial charge is 0.316 e. The topological polar surface area (TPSA) is 58.2 Å². The van der Waals surface area contributed by atoms with Gasteiger partial charge in [0, 0.05) is 16.0 Å². The molecule has 0 saturated heterocycles. The van der Waals surface area contributed by atoms with E-state index in [-0.39, 0.29) is 5.75 Å². The molecule has 0 aliphatic rings. The zero-order valence-electron chi connectivity index (χ0n) is 11.0. The number of benzene rings is 1. The molecule has 0 atom stereocenters. The van der Waals surface area contributed by atoms with Gasteiger partial charge in [0.25, 0.3) is 0 Å². The third-order valence-electron chi connectivity index (χ3n) is 2.49. The summed E-state index contributed by atoms with van der Waals surface area (Å²) in [6, 6.07) is 3.40. The van der Waals surface area contributed by atoms with Crippen molar-refractivity contribution in [2.75, 3.05) is 23.6 Å². The van der Waals surface area contributed by atoms with Crippen LogP contribution < -0.4 is 10.0 Å². The lowest BCUT2D eigenvalue weighted by Crippen LogP contribution is -2.27. The van der Waals surface area contributed by atoms with Gasteiger partial charge in [-0.15, -0.1) is 0 Å². The highest BCUT2D eigenvalue weighted by Gasteiger charge is 2.13. The first-order valence-electron chi connectivity index (χ1n) is 6.02. The van der Waals surface area contributed by atoms with Gasteiger partial charge in [-0.05, 0) is 53.5 Å². The predicted molar refractivity (Wildman–Crippen MR) is 84.5 cm³/mol. The molecule has 1 aromatic rings. The fourth-order valence-corrected chi connectivity index (χ4v) is 3.32. The fraction of sp³-hybridized carbons (Fsp3) is 0.500. The van der Waals surface area contributed by atoms with Crippen LogP contribution in [0.5, 0.6) is 0 Å². The summed E-state index contributed by atoms with van der Waals surface area (Å²) in [7, 11) is -3.37. The molecule has 2 N–H and O–H groups in total. The van der Waals surface area contributed by atoms with Crippen molar-refractivity contribution < 1.29 is 8.42 Å². The lowest BCUT2D eigenvalue weighted by Gasteiger charge is -2.11. The number of hydrogen-bond donors (Lipinski definition) is 2. The minimum Gasteiger partial charge on any atom is -0.316 e. The minimum absolute atomic E-state index is 0.0327. The number of halogens is 2. The van der Waals surface area contributed by atoms with E-state index in [2.05, 4.69) is 26.0 Å². The lowest BCUT2D eigenvalue weighted by molar-refractivity contribution is 0.595. The molecule has 0 fully saturated rings. The number of rotatable bonds is 7. The van der Waals surface area contributed by atoms with Crippen molar-refractivity contribution in [3.05, 3.63) is 27.2 Å². The van der Waals surface area contributed by atoms with Gasteiger partial charge in [-0.25, -0.2) is 8.42 Å². The summed E-state index contributed by atoms with van der Waals surface area (Å²) in [6.45, 7) is 5.14. The van der Waals surface area contributed by atoms with Gasteiger partial charge in [-0.1, -0.05) is 18.5 Å². The van der Waals surface area contributed by atoms with E-state index in [1.165, 1.54) is 0 Å². The average Bonchev–Trinajstić information content (AvgIpc) is 2.31. The van der Waals surface area contributed by atoms with Gasteiger partial charge in [-0.2, -0.15) is 0 Å². The molecule has 0 heterocycles. The smallest absolute Gasteiger partial charge is 0.234 e. The Kier molecular flexibility index (Phi) is 6.59. The zero-order chi connectivity index (χ0) is 14.5. The third kappa shape index (κ3) is 5.69. The Hall–Kier alpha value is -0.300. The van der Waals surface area contributed by atoms with Crippen LogP contribution >= 0.6 is 27.5 Å². The number of sulfonamides is 1. The SMILES string of the molecule is CCCNCCS(=O)(=O)Nc1cc(Cl)c(C)cc1Br. The Bertz CT molecular complexity index is 535. The molecule has 0 aliphatic carbocycles. The zero-order valence-corrected chi connectivity index (χ0v) is 14.1. The minimum atomic E-state index is -3.37. The molecular weight excluding hydrogens is 352 g/mol. The maximum Gasteiger partial charge on any atom is 0.234 e. The molecule has 0 aliphatic heterocycles. The van der Waals surface area contributed by atoms with Crippen molar-refractivity contribution in [1.29, 1.82) is 0 Å². The Morgan fingerprint density at radius 1 is 1.32 bits per heavy atom. The maximum atomic E-state index is 11.9. The molecule has 0 bridgehead atoms. The first kappa shape index (κ1) is 16.8. The van der Waals surface area contributed by atoms with Crippen LogP contribution in [0.15, 0.2) is 16.6 Å². The quantitative estimate of drug-likeness (QED) is 0.726. The molecule has 108 valence electrons. The Morgan fingerprint density at radius 2 is 2.00 bits per heavy atom. The van der Waals surface area contributed by atoms with Crippen LogP contribution in [0.25, 0.3) is 0 Å². The summed E-state index contributed by atoms with van der Waals surface area (Å²) in [4.78, 5) is 0. The molecule has 19 heavy (non-hydrogen) atoms. The van der Waals surface area contributed by atoms with Gasteiger partial charge in [0.15, 0.2) is 0 Å². The van der Waals surface area contributed by atoms with E-state index in [0.29, 0.717) is 21.7 Å². The van der Waals surface area contributed by atoms with Crippen molar-refractivity contribution in [2.45, 2.75) is 20.3 Å². The summed E-state index contributed by atoms with van der Waals surface area (Å²) < 4.78 is 27.0. The normalized spacial score (nSPS) is 11.6. The Balaban J connectivity index is 2.70. The second kappa shape index (κ2) is 7.47. The standard InChI is InChI=1S/C12H18BrClN2O2S/c1-3-4-15-5-6-19(17,18)16-12-8-11(14)9(2)7-10(12)13/h7-8,15-16H,3-6H2,1-2H3. The van der Waals surface area contributed by atoms with Gasteiger partial charge in [-0.3, -0.25) is 4.72 Å². The average molecular weight is 370 g/mol. The molecule has 0 aromatic heterocycles. The van der Waals surface area contributed by atoms with Crippen LogP contribution in [0.3, 0.4) is 0 Å². The van der Waals surface area contributed by atoms with Crippen molar-refractivity contribution in [2.24, 2.45) is 0 Å². The number of hydrogen-bond acceptors (Lipinski definition) is 3. The van der Waals surface area contributed by atoms with E-state index in [0.717, 1.165) is 18.5 Å². The summed E-state index contributed by atoms with van der Waals surface area (Å²) in [6.07, 6.45) is 0.979. The third-order valence-corrected chi connectivity index (χ3v) is 4.82. The van der Waals surface area contributed by atoms with Crippen molar-refractivity contribution in [3.8, 4) is 0 Å². The van der Waals surface area contributed by atoms with Crippen LogP contribution in [-0.4, -0.2) is 27.3 Å². The molecule has 0 spiro atoms. The van der Waals surface area contributed by atoms with Crippen LogP contribution in [0.1, 0.15) is 18.9 Å². The van der Waals surface area contributed by atoms with Crippen molar-refractivity contribution in [3.63, 3.8) is 0 Å². The molecule has 1 aromatic carbocycles. The van der Waals surface area contributed by atoms with E-state index < -0.39 is 10.0 Å². The van der Waals surface area contributed by atoms with Gasteiger partial charge in [0.05, 0.1) is 11.4 Å². The van der Waals surface area contributed by atoms with Crippen LogP contribution in [0, 0.1) is 6.92 Å². The molecular formula is C12H18BrClN2O2S. The second-order valence-electron chi connectivity index (χ2n) is 4.25. The molecule has 0 amide bonds. The molecule has 7 heteroatoms. The summed E-state index contributed by atoms with van der Waals surface area (Å²) in [5.41, 5.74) is 1.35. The lowest BCUT2D eigenvalue weighted by atomic mass is 10.2. The first-order valence-corrected chi connectivity index (χ1v) is 8.85. The van der Waals surface area contributed by atoms with E-state index >= 15 is 0 Å². The number of anilines is 1. The maximum absolute atomic E-state index is 11.9. The highest BCUT2D eigenvalue weighted by Crippen LogP contribution is 2.29. The number of nitrogens with one attached hydrogen (secondary N) is 2. The summed E-state index contributed by atoms with van der Waals surface area (Å²) >= 11 is 9.32. The van der Waals surface area contributed by atoms with Gasteiger partial charge < -0.3 is 5.32 Å². The Morgan fingerprint density at radius 3 is 2.63 bits per heavy atom. The second-order valence-corrected chi connectivity index (χ2v) is 7.36. The van der Waals surface area contributed by atoms with E-state index in [1.54, 1.807) is 12.1 Å². The summed E-state index contributed by atoms with van der Waals surface area (Å²) in [5, 5.41) is 3.59. The van der Waals surface area contributed by atoms with Crippen molar-refractivity contribution in [1.82, 2.24) is 5.32 Å². The summed E-state index contributed by atoms with van der Waals surface area (Å²) in [5.74, 6) is 0.0327.